The lowest BCUT2D eigenvalue weighted by Gasteiger charge is -2.26. The molecule has 0 aliphatic carbocycles. The zero-order valence-corrected chi connectivity index (χ0v) is 11.2. The molecule has 0 spiro atoms. The smallest absolute Gasteiger partial charge is 0.141 e. The van der Waals surface area contributed by atoms with Crippen molar-refractivity contribution in [3.8, 4) is 0 Å². The fraction of sp³-hybridized carbons (Fsp3) is 0.929. The van der Waals surface area contributed by atoms with Crippen molar-refractivity contribution >= 4 is 5.78 Å². The molecule has 0 aromatic carbocycles. The first-order valence-electron chi connectivity index (χ1n) is 6.50. The second-order valence-electron chi connectivity index (χ2n) is 5.39. The van der Waals surface area contributed by atoms with Crippen LogP contribution < -0.4 is 0 Å². The van der Waals surface area contributed by atoms with Gasteiger partial charge in [0.1, 0.15) is 5.78 Å². The zero-order valence-electron chi connectivity index (χ0n) is 11.2. The molecule has 0 saturated heterocycles. The van der Waals surface area contributed by atoms with Crippen LogP contribution in [0.25, 0.3) is 0 Å². The Morgan fingerprint density at radius 1 is 1.13 bits per heavy atom. The van der Waals surface area contributed by atoms with Gasteiger partial charge in [-0.25, -0.2) is 0 Å². The van der Waals surface area contributed by atoms with Crippen molar-refractivity contribution in [3.63, 3.8) is 0 Å². The van der Waals surface area contributed by atoms with Crippen molar-refractivity contribution in [2.24, 2.45) is 11.3 Å². The summed E-state index contributed by atoms with van der Waals surface area (Å²) < 4.78 is 0. The quantitative estimate of drug-likeness (QED) is 0.574. The summed E-state index contributed by atoms with van der Waals surface area (Å²) in [6.07, 6.45) is 6.81. The van der Waals surface area contributed by atoms with Crippen LogP contribution in [0, 0.1) is 11.3 Å². The van der Waals surface area contributed by atoms with Gasteiger partial charge in [-0.3, -0.25) is 4.79 Å². The van der Waals surface area contributed by atoms with Gasteiger partial charge < -0.3 is 0 Å². The SMILES string of the molecule is CCCCC(C)C(=O)C(C)(C)CCCC. The lowest BCUT2D eigenvalue weighted by Crippen LogP contribution is -2.29. The third-order valence-corrected chi connectivity index (χ3v) is 3.26. The summed E-state index contributed by atoms with van der Waals surface area (Å²) in [4.78, 5) is 12.2. The number of carbonyl (C=O) groups is 1. The molecule has 1 nitrogen and oxygen atoms in total. The van der Waals surface area contributed by atoms with E-state index in [4.69, 9.17) is 0 Å². The minimum atomic E-state index is -0.108. The number of unbranched alkanes of at least 4 members (excludes halogenated alkanes) is 2. The molecule has 15 heavy (non-hydrogen) atoms. The van der Waals surface area contributed by atoms with E-state index in [9.17, 15) is 4.79 Å². The molecule has 0 heterocycles. The van der Waals surface area contributed by atoms with Gasteiger partial charge in [0.25, 0.3) is 0 Å². The van der Waals surface area contributed by atoms with Gasteiger partial charge in [0, 0.05) is 11.3 Å². The van der Waals surface area contributed by atoms with Crippen LogP contribution in [0.3, 0.4) is 0 Å². The number of rotatable bonds is 8. The minimum absolute atomic E-state index is 0.108. The molecule has 0 amide bonds. The van der Waals surface area contributed by atoms with E-state index >= 15 is 0 Å². The Kier molecular flexibility index (Phi) is 6.87. The van der Waals surface area contributed by atoms with Crippen LogP contribution in [0.4, 0.5) is 0 Å². The maximum Gasteiger partial charge on any atom is 0.141 e. The molecule has 0 fully saturated rings. The van der Waals surface area contributed by atoms with Gasteiger partial charge in [-0.1, -0.05) is 60.3 Å². The lowest BCUT2D eigenvalue weighted by atomic mass is 9.77. The van der Waals surface area contributed by atoms with Gasteiger partial charge in [-0.15, -0.1) is 0 Å². The van der Waals surface area contributed by atoms with Gasteiger partial charge in [0.05, 0.1) is 0 Å². The van der Waals surface area contributed by atoms with Crippen LogP contribution >= 0.6 is 0 Å². The highest BCUT2D eigenvalue weighted by molar-refractivity contribution is 5.85. The topological polar surface area (TPSA) is 17.1 Å². The summed E-state index contributed by atoms with van der Waals surface area (Å²) >= 11 is 0. The Morgan fingerprint density at radius 3 is 2.13 bits per heavy atom. The van der Waals surface area contributed by atoms with Gasteiger partial charge >= 0.3 is 0 Å². The Balaban J connectivity index is 4.14. The van der Waals surface area contributed by atoms with Crippen LogP contribution in [-0.4, -0.2) is 5.78 Å². The first-order chi connectivity index (χ1) is 6.95. The van der Waals surface area contributed by atoms with Gasteiger partial charge in [-0.05, 0) is 12.8 Å². The van der Waals surface area contributed by atoms with Crippen LogP contribution in [0.15, 0.2) is 0 Å². The van der Waals surface area contributed by atoms with Crippen LogP contribution in [-0.2, 0) is 4.79 Å². The van der Waals surface area contributed by atoms with Gasteiger partial charge in [0.15, 0.2) is 0 Å². The van der Waals surface area contributed by atoms with Gasteiger partial charge in [0.2, 0.25) is 0 Å². The molecule has 0 aliphatic heterocycles. The van der Waals surface area contributed by atoms with E-state index in [2.05, 4.69) is 34.6 Å². The molecule has 0 rings (SSSR count). The largest absolute Gasteiger partial charge is 0.299 e. The maximum absolute atomic E-state index is 12.2. The maximum atomic E-state index is 12.2. The molecule has 0 N–H and O–H groups in total. The van der Waals surface area contributed by atoms with Crippen LogP contribution in [0.1, 0.15) is 73.1 Å². The molecule has 1 unspecified atom stereocenters. The number of carbonyl (C=O) groups excluding carboxylic acids is 1. The first-order valence-corrected chi connectivity index (χ1v) is 6.50. The van der Waals surface area contributed by atoms with Crippen LogP contribution in [0.2, 0.25) is 0 Å². The van der Waals surface area contributed by atoms with Crippen molar-refractivity contribution in [1.82, 2.24) is 0 Å². The summed E-state index contributed by atoms with van der Waals surface area (Å²) in [7, 11) is 0. The molecule has 0 aromatic heterocycles. The van der Waals surface area contributed by atoms with Crippen molar-refractivity contribution in [2.75, 3.05) is 0 Å². The minimum Gasteiger partial charge on any atom is -0.299 e. The van der Waals surface area contributed by atoms with E-state index in [-0.39, 0.29) is 11.3 Å². The lowest BCUT2D eigenvalue weighted by molar-refractivity contribution is -0.131. The summed E-state index contributed by atoms with van der Waals surface area (Å²) in [5.74, 6) is 0.709. The zero-order chi connectivity index (χ0) is 11.9. The summed E-state index contributed by atoms with van der Waals surface area (Å²) in [6.45, 7) is 10.7. The van der Waals surface area contributed by atoms with Crippen molar-refractivity contribution in [2.45, 2.75) is 73.1 Å². The molecule has 0 bridgehead atoms. The van der Waals surface area contributed by atoms with Crippen molar-refractivity contribution in [3.05, 3.63) is 0 Å². The van der Waals surface area contributed by atoms with E-state index in [0.717, 1.165) is 12.8 Å². The second-order valence-corrected chi connectivity index (χ2v) is 5.39. The third kappa shape index (κ3) is 5.34. The highest BCUT2D eigenvalue weighted by Crippen LogP contribution is 2.29. The Morgan fingerprint density at radius 2 is 1.67 bits per heavy atom. The number of hydrogen-bond donors (Lipinski definition) is 0. The fourth-order valence-corrected chi connectivity index (χ4v) is 2.05. The fourth-order valence-electron chi connectivity index (χ4n) is 2.05. The standard InChI is InChI=1S/C14H28O/c1-6-8-10-12(3)13(15)14(4,5)11-9-7-2/h12H,6-11H2,1-5H3. The predicted molar refractivity (Wildman–Crippen MR) is 67.0 cm³/mol. The van der Waals surface area contributed by atoms with Gasteiger partial charge in [-0.2, -0.15) is 0 Å². The average molecular weight is 212 g/mol. The highest BCUT2D eigenvalue weighted by atomic mass is 16.1. The second kappa shape index (κ2) is 7.03. The van der Waals surface area contributed by atoms with Crippen molar-refractivity contribution in [1.29, 1.82) is 0 Å². The molecule has 1 heteroatoms. The predicted octanol–water partition coefficient (Wildman–Crippen LogP) is 4.60. The van der Waals surface area contributed by atoms with E-state index in [1.807, 2.05) is 0 Å². The molecule has 1 atom stereocenters. The Hall–Kier alpha value is -0.330. The first kappa shape index (κ1) is 14.7. The molecule has 0 saturated carbocycles. The summed E-state index contributed by atoms with van der Waals surface area (Å²) in [5, 5.41) is 0. The van der Waals surface area contributed by atoms with E-state index in [1.54, 1.807) is 0 Å². The van der Waals surface area contributed by atoms with E-state index in [0.29, 0.717) is 5.78 Å². The summed E-state index contributed by atoms with van der Waals surface area (Å²) in [6, 6.07) is 0. The summed E-state index contributed by atoms with van der Waals surface area (Å²) in [5.41, 5.74) is -0.108. The number of hydrogen-bond acceptors (Lipinski definition) is 1. The normalized spacial score (nSPS) is 13.9. The molecule has 0 aromatic rings. The molecular formula is C14H28O. The highest BCUT2D eigenvalue weighted by Gasteiger charge is 2.30. The third-order valence-electron chi connectivity index (χ3n) is 3.26. The average Bonchev–Trinajstić information content (AvgIpc) is 2.21. The monoisotopic (exact) mass is 212 g/mol. The molecule has 0 aliphatic rings. The van der Waals surface area contributed by atoms with E-state index < -0.39 is 0 Å². The molecular weight excluding hydrogens is 184 g/mol. The molecule has 0 radical (unpaired) electrons. The Bertz CT molecular complexity index is 182. The Labute approximate surface area is 95.6 Å². The van der Waals surface area contributed by atoms with Crippen molar-refractivity contribution < 1.29 is 4.79 Å². The number of ketones is 1. The molecule has 90 valence electrons. The van der Waals surface area contributed by atoms with E-state index in [1.165, 1.54) is 25.7 Å². The van der Waals surface area contributed by atoms with Crippen LogP contribution in [0.5, 0.6) is 0 Å². The number of Topliss-reactive ketones (excluding diaryl/α,β-unsaturated/α-hetero) is 1.